The van der Waals surface area contributed by atoms with Crippen molar-refractivity contribution in [3.8, 4) is 5.75 Å². The third kappa shape index (κ3) is 3.05. The van der Waals surface area contributed by atoms with Crippen molar-refractivity contribution in [3.63, 3.8) is 0 Å². The van der Waals surface area contributed by atoms with Crippen LogP contribution in [0.5, 0.6) is 5.75 Å². The van der Waals surface area contributed by atoms with Crippen molar-refractivity contribution >= 4 is 29.2 Å². The van der Waals surface area contributed by atoms with E-state index in [1.54, 1.807) is 19.5 Å². The average Bonchev–Trinajstić information content (AvgIpc) is 3.09. The second kappa shape index (κ2) is 6.58. The van der Waals surface area contributed by atoms with Crippen molar-refractivity contribution in [2.75, 3.05) is 12.4 Å². The predicted molar refractivity (Wildman–Crippen MR) is 98.6 cm³/mol. The molecule has 0 unspecified atom stereocenters. The standard InChI is InChI=1S/C18H16Cl2N4O/c1-25-13-4-2-3-11(7-13)17-9-16(23-18-21-10-22-24(17)18)14-6-5-12(19)8-15(14)20/h2-8,10,16-17H,9H2,1H3,(H,21,22,23)/t16-,17-/m0/s1. The lowest BCUT2D eigenvalue weighted by Crippen LogP contribution is -2.28. The van der Waals surface area contributed by atoms with Crippen LogP contribution in [0.2, 0.25) is 10.0 Å². The van der Waals surface area contributed by atoms with Crippen molar-refractivity contribution in [1.82, 2.24) is 14.8 Å². The quantitative estimate of drug-likeness (QED) is 0.719. The molecular formula is C18H16Cl2N4O. The molecule has 4 rings (SSSR count). The maximum Gasteiger partial charge on any atom is 0.222 e. The number of nitrogens with one attached hydrogen (secondary N) is 1. The van der Waals surface area contributed by atoms with Gasteiger partial charge in [0.1, 0.15) is 12.1 Å². The molecule has 2 atom stereocenters. The third-order valence-electron chi connectivity index (χ3n) is 4.45. The lowest BCUT2D eigenvalue weighted by Gasteiger charge is -2.32. The molecule has 1 N–H and O–H groups in total. The van der Waals surface area contributed by atoms with Crippen molar-refractivity contribution < 1.29 is 4.74 Å². The van der Waals surface area contributed by atoms with Crippen molar-refractivity contribution in [2.45, 2.75) is 18.5 Å². The summed E-state index contributed by atoms with van der Waals surface area (Å²) >= 11 is 12.5. The summed E-state index contributed by atoms with van der Waals surface area (Å²) in [6.07, 6.45) is 2.34. The molecule has 2 heterocycles. The SMILES string of the molecule is COc1cccc([C@@H]2C[C@@H](c3ccc(Cl)cc3Cl)Nc3ncnn32)c1. The van der Waals surface area contributed by atoms with Crippen LogP contribution in [0.15, 0.2) is 48.8 Å². The number of ether oxygens (including phenoxy) is 1. The van der Waals surface area contributed by atoms with Gasteiger partial charge in [-0.05, 0) is 41.8 Å². The molecule has 1 aliphatic heterocycles. The summed E-state index contributed by atoms with van der Waals surface area (Å²) in [5.74, 6) is 1.54. The number of halogens is 2. The number of benzene rings is 2. The summed E-state index contributed by atoms with van der Waals surface area (Å²) in [6.45, 7) is 0. The molecule has 0 radical (unpaired) electrons. The van der Waals surface area contributed by atoms with E-state index in [0.29, 0.717) is 10.0 Å². The second-order valence-electron chi connectivity index (χ2n) is 5.92. The zero-order valence-corrected chi connectivity index (χ0v) is 15.0. The van der Waals surface area contributed by atoms with Gasteiger partial charge in [-0.25, -0.2) is 4.68 Å². The van der Waals surface area contributed by atoms with Gasteiger partial charge in [0, 0.05) is 10.0 Å². The van der Waals surface area contributed by atoms with Crippen LogP contribution in [-0.4, -0.2) is 21.9 Å². The predicted octanol–water partition coefficient (Wildman–Crippen LogP) is 4.74. The van der Waals surface area contributed by atoms with Gasteiger partial charge in [-0.2, -0.15) is 10.1 Å². The first-order valence-corrected chi connectivity index (χ1v) is 8.66. The highest BCUT2D eigenvalue weighted by Crippen LogP contribution is 2.40. The normalized spacial score (nSPS) is 19.2. The molecule has 128 valence electrons. The molecule has 0 amide bonds. The monoisotopic (exact) mass is 374 g/mol. The van der Waals surface area contributed by atoms with Crippen LogP contribution in [0.1, 0.15) is 29.6 Å². The minimum Gasteiger partial charge on any atom is -0.497 e. The van der Waals surface area contributed by atoms with E-state index in [0.717, 1.165) is 29.2 Å². The Morgan fingerprint density at radius 3 is 2.88 bits per heavy atom. The van der Waals surface area contributed by atoms with Gasteiger partial charge in [-0.15, -0.1) is 0 Å². The van der Waals surface area contributed by atoms with E-state index >= 15 is 0 Å². The summed E-state index contributed by atoms with van der Waals surface area (Å²) in [5.41, 5.74) is 2.11. The number of anilines is 1. The Balaban J connectivity index is 1.75. The molecular weight excluding hydrogens is 359 g/mol. The van der Waals surface area contributed by atoms with Gasteiger partial charge >= 0.3 is 0 Å². The summed E-state index contributed by atoms with van der Waals surface area (Å²) < 4.78 is 7.26. The number of fused-ring (bicyclic) bond motifs is 1. The highest BCUT2D eigenvalue weighted by atomic mass is 35.5. The van der Waals surface area contributed by atoms with E-state index in [2.05, 4.69) is 21.5 Å². The second-order valence-corrected chi connectivity index (χ2v) is 6.76. The van der Waals surface area contributed by atoms with Gasteiger partial charge < -0.3 is 10.1 Å². The Morgan fingerprint density at radius 1 is 1.20 bits per heavy atom. The molecule has 1 aliphatic rings. The number of nitrogens with zero attached hydrogens (tertiary/aromatic N) is 3. The Morgan fingerprint density at radius 2 is 2.08 bits per heavy atom. The third-order valence-corrected chi connectivity index (χ3v) is 5.01. The van der Waals surface area contributed by atoms with E-state index in [9.17, 15) is 0 Å². The largest absolute Gasteiger partial charge is 0.497 e. The van der Waals surface area contributed by atoms with Crippen LogP contribution < -0.4 is 10.1 Å². The van der Waals surface area contributed by atoms with Crippen LogP contribution >= 0.6 is 23.2 Å². The van der Waals surface area contributed by atoms with E-state index in [1.165, 1.54) is 0 Å². The molecule has 25 heavy (non-hydrogen) atoms. The molecule has 0 bridgehead atoms. The Kier molecular flexibility index (Phi) is 4.27. The van der Waals surface area contributed by atoms with Crippen molar-refractivity contribution in [3.05, 3.63) is 70.0 Å². The lowest BCUT2D eigenvalue weighted by atomic mass is 9.93. The Bertz CT molecular complexity index is 912. The van der Waals surface area contributed by atoms with Crippen LogP contribution in [-0.2, 0) is 0 Å². The maximum atomic E-state index is 6.42. The highest BCUT2D eigenvalue weighted by molar-refractivity contribution is 6.35. The van der Waals surface area contributed by atoms with E-state index < -0.39 is 0 Å². The van der Waals surface area contributed by atoms with Gasteiger partial charge in [0.15, 0.2) is 0 Å². The number of rotatable bonds is 3. The van der Waals surface area contributed by atoms with E-state index in [4.69, 9.17) is 27.9 Å². The van der Waals surface area contributed by atoms with Crippen LogP contribution in [0, 0.1) is 0 Å². The average molecular weight is 375 g/mol. The first-order chi connectivity index (χ1) is 12.2. The fourth-order valence-corrected chi connectivity index (χ4v) is 3.77. The van der Waals surface area contributed by atoms with Crippen molar-refractivity contribution in [2.24, 2.45) is 0 Å². The minimum atomic E-state index is 0.0117. The molecule has 3 aromatic rings. The number of hydrogen-bond donors (Lipinski definition) is 1. The van der Waals surface area contributed by atoms with Crippen LogP contribution in [0.3, 0.4) is 0 Å². The molecule has 2 aromatic carbocycles. The minimum absolute atomic E-state index is 0.0117. The molecule has 5 nitrogen and oxygen atoms in total. The lowest BCUT2D eigenvalue weighted by molar-refractivity contribution is 0.406. The summed E-state index contributed by atoms with van der Waals surface area (Å²) in [5, 5.41) is 9.06. The fourth-order valence-electron chi connectivity index (χ4n) is 3.23. The van der Waals surface area contributed by atoms with E-state index in [-0.39, 0.29) is 12.1 Å². The Hall–Kier alpha value is -2.24. The van der Waals surface area contributed by atoms with Gasteiger partial charge in [-0.3, -0.25) is 0 Å². The molecule has 0 aliphatic carbocycles. The fraction of sp³-hybridized carbons (Fsp3) is 0.222. The molecule has 0 fully saturated rings. The smallest absolute Gasteiger partial charge is 0.222 e. The number of hydrogen-bond acceptors (Lipinski definition) is 4. The Labute approximate surface area is 155 Å². The molecule has 7 heteroatoms. The molecule has 0 saturated heterocycles. The van der Waals surface area contributed by atoms with Crippen LogP contribution in [0.25, 0.3) is 0 Å². The van der Waals surface area contributed by atoms with Gasteiger partial charge in [0.25, 0.3) is 0 Å². The topological polar surface area (TPSA) is 52.0 Å². The first kappa shape index (κ1) is 16.2. The highest BCUT2D eigenvalue weighted by Gasteiger charge is 2.31. The first-order valence-electron chi connectivity index (χ1n) is 7.90. The maximum absolute atomic E-state index is 6.42. The van der Waals surface area contributed by atoms with Crippen LogP contribution in [0.4, 0.5) is 5.95 Å². The van der Waals surface area contributed by atoms with Gasteiger partial charge in [-0.1, -0.05) is 41.4 Å². The number of methoxy groups -OCH3 is 1. The van der Waals surface area contributed by atoms with Crippen molar-refractivity contribution in [1.29, 1.82) is 0 Å². The van der Waals surface area contributed by atoms with E-state index in [1.807, 2.05) is 35.0 Å². The van der Waals surface area contributed by atoms with Gasteiger partial charge in [0.2, 0.25) is 5.95 Å². The molecule has 0 spiro atoms. The summed E-state index contributed by atoms with van der Waals surface area (Å²) in [7, 11) is 1.67. The molecule has 1 aromatic heterocycles. The zero-order valence-electron chi connectivity index (χ0n) is 13.5. The summed E-state index contributed by atoms with van der Waals surface area (Å²) in [6, 6.07) is 13.6. The number of aromatic nitrogens is 3. The molecule has 0 saturated carbocycles. The summed E-state index contributed by atoms with van der Waals surface area (Å²) in [4.78, 5) is 4.34. The van der Waals surface area contributed by atoms with Gasteiger partial charge in [0.05, 0.1) is 19.2 Å². The zero-order chi connectivity index (χ0) is 17.4.